The van der Waals surface area contributed by atoms with Gasteiger partial charge in [0.05, 0.1) is 13.2 Å². The predicted octanol–water partition coefficient (Wildman–Crippen LogP) is 2.37. The summed E-state index contributed by atoms with van der Waals surface area (Å²) < 4.78 is 28.1. The second-order valence-electron chi connectivity index (χ2n) is 8.54. The molecule has 6 atom stereocenters. The molecule has 1 N–H and O–H groups in total. The Morgan fingerprint density at radius 2 is 2.10 bits per heavy atom. The van der Waals surface area contributed by atoms with Gasteiger partial charge in [0.25, 0.3) is 0 Å². The largest absolute Gasteiger partial charge is 0.493 e. The minimum absolute atomic E-state index is 0.0581. The van der Waals surface area contributed by atoms with Gasteiger partial charge in [-0.3, -0.25) is 9.59 Å². The van der Waals surface area contributed by atoms with E-state index in [2.05, 4.69) is 6.58 Å². The van der Waals surface area contributed by atoms with E-state index >= 15 is 0 Å². The molecular weight excluding hydrogens is 404 g/mol. The molecule has 1 aliphatic heterocycles. The lowest BCUT2D eigenvalue weighted by Crippen LogP contribution is -2.64. The number of fused-ring (bicyclic) bond motifs is 3. The lowest BCUT2D eigenvalue weighted by atomic mass is 9.65. The Morgan fingerprint density at radius 1 is 1.35 bits per heavy atom. The van der Waals surface area contributed by atoms with E-state index in [1.165, 1.54) is 21.1 Å². The molecule has 8 nitrogen and oxygen atoms in total. The van der Waals surface area contributed by atoms with E-state index in [1.807, 2.05) is 13.0 Å². The van der Waals surface area contributed by atoms with Gasteiger partial charge in [0.15, 0.2) is 23.4 Å². The van der Waals surface area contributed by atoms with Crippen molar-refractivity contribution in [1.29, 1.82) is 0 Å². The molecule has 2 bridgehead atoms. The molecule has 2 aliphatic carbocycles. The van der Waals surface area contributed by atoms with Crippen LogP contribution in [0.15, 0.2) is 24.8 Å². The lowest BCUT2D eigenvalue weighted by molar-refractivity contribution is -0.211. The van der Waals surface area contributed by atoms with Crippen LogP contribution in [-0.2, 0) is 19.1 Å². The molecule has 0 spiro atoms. The lowest BCUT2D eigenvalue weighted by Gasteiger charge is -2.47. The number of carbonyl (C=O) groups excluding carboxylic acids is 2. The summed E-state index contributed by atoms with van der Waals surface area (Å²) in [6.45, 7) is 7.14. The van der Waals surface area contributed by atoms with E-state index in [4.69, 9.17) is 23.7 Å². The zero-order chi connectivity index (χ0) is 22.6. The maximum atomic E-state index is 13.2. The molecule has 4 rings (SSSR count). The number of Topliss-reactive ketones (excluding diaryl/α,β-unsaturated/α-hetero) is 1. The Bertz CT molecular complexity index is 926. The van der Waals surface area contributed by atoms with Crippen molar-refractivity contribution in [2.75, 3.05) is 21.0 Å². The molecule has 3 aliphatic rings. The van der Waals surface area contributed by atoms with E-state index in [0.29, 0.717) is 23.7 Å². The van der Waals surface area contributed by atoms with Crippen molar-refractivity contribution in [3.8, 4) is 17.2 Å². The number of methoxy groups -OCH3 is 2. The van der Waals surface area contributed by atoms with Crippen LogP contribution >= 0.6 is 0 Å². The van der Waals surface area contributed by atoms with E-state index in [-0.39, 0.29) is 24.9 Å². The highest BCUT2D eigenvalue weighted by Crippen LogP contribution is 2.66. The summed E-state index contributed by atoms with van der Waals surface area (Å²) in [6.07, 6.45) is -0.127. The summed E-state index contributed by atoms with van der Waals surface area (Å²) in [5.41, 5.74) is -1.53. The molecule has 1 aromatic carbocycles. The van der Waals surface area contributed by atoms with Crippen molar-refractivity contribution in [3.63, 3.8) is 0 Å². The number of aliphatic hydroxyl groups excluding tert-OH is 1. The topological polar surface area (TPSA) is 101 Å². The number of aliphatic hydroxyl groups is 1. The number of benzene rings is 1. The summed E-state index contributed by atoms with van der Waals surface area (Å²) >= 11 is 0. The summed E-state index contributed by atoms with van der Waals surface area (Å²) in [5.74, 6) is -0.0996. The molecule has 1 heterocycles. The molecule has 0 saturated heterocycles. The SMILES string of the molecule is C=CC[C@]12CC(=O)[C@H](OC(C)=O)[C@](OC)([C@H](c3cc(OC)c4c(c3)OCO4)[C@H]1C)[C@@H]2O. The average Bonchev–Trinajstić information content (AvgIpc) is 3.25. The Labute approximate surface area is 181 Å². The maximum Gasteiger partial charge on any atom is 0.303 e. The number of hydrogen-bond acceptors (Lipinski definition) is 8. The van der Waals surface area contributed by atoms with Gasteiger partial charge in [0, 0.05) is 31.8 Å². The van der Waals surface area contributed by atoms with Gasteiger partial charge < -0.3 is 28.8 Å². The van der Waals surface area contributed by atoms with Gasteiger partial charge in [-0.15, -0.1) is 6.58 Å². The molecule has 1 aromatic rings. The van der Waals surface area contributed by atoms with E-state index in [0.717, 1.165) is 5.56 Å². The second-order valence-corrected chi connectivity index (χ2v) is 8.54. The molecule has 2 fully saturated rings. The second kappa shape index (κ2) is 7.53. The first-order valence-corrected chi connectivity index (χ1v) is 10.3. The molecule has 0 aromatic heterocycles. The Morgan fingerprint density at radius 3 is 2.71 bits per heavy atom. The van der Waals surface area contributed by atoms with Crippen molar-refractivity contribution in [1.82, 2.24) is 0 Å². The number of carbonyl (C=O) groups is 2. The van der Waals surface area contributed by atoms with Crippen LogP contribution in [0.2, 0.25) is 0 Å². The van der Waals surface area contributed by atoms with Crippen LogP contribution in [0, 0.1) is 11.3 Å². The third-order valence-corrected chi connectivity index (χ3v) is 7.27. The van der Waals surface area contributed by atoms with Gasteiger partial charge in [-0.05, 0) is 30.0 Å². The smallest absolute Gasteiger partial charge is 0.303 e. The van der Waals surface area contributed by atoms with Gasteiger partial charge in [-0.25, -0.2) is 0 Å². The minimum Gasteiger partial charge on any atom is -0.493 e. The van der Waals surface area contributed by atoms with Gasteiger partial charge in [-0.2, -0.15) is 0 Å². The molecular formula is C23H28O8. The minimum atomic E-state index is -1.47. The average molecular weight is 432 g/mol. The first-order valence-electron chi connectivity index (χ1n) is 10.3. The molecule has 31 heavy (non-hydrogen) atoms. The highest BCUT2D eigenvalue weighted by atomic mass is 16.7. The zero-order valence-electron chi connectivity index (χ0n) is 18.2. The molecule has 168 valence electrons. The molecule has 0 radical (unpaired) electrons. The van der Waals surface area contributed by atoms with E-state index < -0.39 is 35.1 Å². The number of hydrogen-bond donors (Lipinski definition) is 1. The van der Waals surface area contributed by atoms with Gasteiger partial charge in [0.1, 0.15) is 5.60 Å². The van der Waals surface area contributed by atoms with Crippen LogP contribution in [0.5, 0.6) is 17.2 Å². The number of ketones is 1. The Balaban J connectivity index is 1.95. The third-order valence-electron chi connectivity index (χ3n) is 7.27. The number of allylic oxidation sites excluding steroid dienone is 1. The van der Waals surface area contributed by atoms with Crippen LogP contribution in [0.25, 0.3) is 0 Å². The van der Waals surface area contributed by atoms with Crippen molar-refractivity contribution >= 4 is 11.8 Å². The zero-order valence-corrected chi connectivity index (χ0v) is 18.2. The normalized spacial score (nSPS) is 35.7. The quantitative estimate of drug-likeness (QED) is 0.540. The third kappa shape index (κ3) is 2.81. The monoisotopic (exact) mass is 432 g/mol. The number of ether oxygens (including phenoxy) is 5. The fourth-order valence-corrected chi connectivity index (χ4v) is 6.01. The summed E-state index contributed by atoms with van der Waals surface area (Å²) in [6, 6.07) is 3.62. The van der Waals surface area contributed by atoms with Crippen LogP contribution in [0.4, 0.5) is 0 Å². The van der Waals surface area contributed by atoms with Gasteiger partial charge in [0.2, 0.25) is 12.5 Å². The Kier molecular flexibility index (Phi) is 5.26. The van der Waals surface area contributed by atoms with Crippen molar-refractivity contribution in [2.45, 2.75) is 50.4 Å². The van der Waals surface area contributed by atoms with Gasteiger partial charge >= 0.3 is 5.97 Å². The summed E-state index contributed by atoms with van der Waals surface area (Å²) in [5, 5.41) is 11.7. The van der Waals surface area contributed by atoms with Crippen molar-refractivity contribution in [3.05, 3.63) is 30.4 Å². The molecule has 0 unspecified atom stereocenters. The van der Waals surface area contributed by atoms with Crippen LogP contribution in [0.3, 0.4) is 0 Å². The highest BCUT2D eigenvalue weighted by molar-refractivity contribution is 5.90. The molecule has 8 heteroatoms. The van der Waals surface area contributed by atoms with Crippen LogP contribution < -0.4 is 14.2 Å². The Hall–Kier alpha value is -2.58. The van der Waals surface area contributed by atoms with Gasteiger partial charge in [-0.1, -0.05) is 13.0 Å². The van der Waals surface area contributed by atoms with Crippen LogP contribution in [-0.4, -0.2) is 55.7 Å². The van der Waals surface area contributed by atoms with E-state index in [1.54, 1.807) is 12.1 Å². The van der Waals surface area contributed by atoms with Crippen molar-refractivity contribution in [2.24, 2.45) is 11.3 Å². The molecule has 0 amide bonds. The fourth-order valence-electron chi connectivity index (χ4n) is 6.01. The van der Waals surface area contributed by atoms with Crippen molar-refractivity contribution < 1.29 is 38.4 Å². The maximum absolute atomic E-state index is 13.2. The summed E-state index contributed by atoms with van der Waals surface area (Å²) in [7, 11) is 2.97. The fraction of sp³-hybridized carbons (Fsp3) is 0.565. The summed E-state index contributed by atoms with van der Waals surface area (Å²) in [4.78, 5) is 25.1. The molecule has 2 saturated carbocycles. The first kappa shape index (κ1) is 21.6. The van der Waals surface area contributed by atoms with E-state index in [9.17, 15) is 14.7 Å². The first-order chi connectivity index (χ1) is 14.8. The number of esters is 1. The van der Waals surface area contributed by atoms with Crippen LogP contribution in [0.1, 0.15) is 38.2 Å². The highest BCUT2D eigenvalue weighted by Gasteiger charge is 2.75. The number of rotatable bonds is 6. The standard InChI is InChI=1S/C23H28O8/c1-6-7-22-10-15(25)20(31-13(3)24)23(28-5,21(22)26)18(12(22)2)14-8-16(27-4)19-17(9-14)29-11-30-19/h6,8-9,12,18,20-21,26H,1,7,10-11H2,2-5H3/t12-,18+,20+,21-,22+,23-/m1/s1. The predicted molar refractivity (Wildman–Crippen MR) is 109 cm³/mol.